The molecule has 1 rings (SSSR count). The van der Waals surface area contributed by atoms with Crippen LogP contribution in [0.5, 0.6) is 0 Å². The van der Waals surface area contributed by atoms with Crippen LogP contribution < -0.4 is 0 Å². The van der Waals surface area contributed by atoms with Crippen molar-refractivity contribution >= 4 is 15.3 Å². The fourth-order valence-corrected chi connectivity index (χ4v) is 3.60. The van der Waals surface area contributed by atoms with Crippen LogP contribution in [0.1, 0.15) is 19.8 Å². The van der Waals surface area contributed by atoms with E-state index < -0.39 is 15.3 Å². The van der Waals surface area contributed by atoms with Gasteiger partial charge in [-0.3, -0.25) is 0 Å². The maximum atomic E-state index is 5.44. The third kappa shape index (κ3) is 2.70. The van der Waals surface area contributed by atoms with E-state index in [-0.39, 0.29) is 0 Å². The zero-order valence-electron chi connectivity index (χ0n) is 5.80. The summed E-state index contributed by atoms with van der Waals surface area (Å²) in [6.07, 6.45) is 2.30. The SMILES string of the molecule is CCC[As]1OCCCO1. The van der Waals surface area contributed by atoms with Crippen LogP contribution in [0, 0.1) is 0 Å². The number of rotatable bonds is 2. The van der Waals surface area contributed by atoms with Gasteiger partial charge < -0.3 is 0 Å². The van der Waals surface area contributed by atoms with Gasteiger partial charge in [-0.1, -0.05) is 0 Å². The van der Waals surface area contributed by atoms with Crippen molar-refractivity contribution in [3.8, 4) is 0 Å². The molecule has 1 fully saturated rings. The Kier molecular flexibility index (Phi) is 3.64. The molecule has 1 aliphatic rings. The van der Waals surface area contributed by atoms with Crippen LogP contribution in [0.15, 0.2) is 0 Å². The van der Waals surface area contributed by atoms with E-state index in [4.69, 9.17) is 7.45 Å². The van der Waals surface area contributed by atoms with E-state index in [9.17, 15) is 0 Å². The van der Waals surface area contributed by atoms with E-state index in [0.717, 1.165) is 19.6 Å². The van der Waals surface area contributed by atoms with Gasteiger partial charge in [0, 0.05) is 0 Å². The summed E-state index contributed by atoms with van der Waals surface area (Å²) < 4.78 is 10.9. The molecule has 0 unspecified atom stereocenters. The molecule has 0 atom stereocenters. The predicted molar refractivity (Wildman–Crippen MR) is 37.4 cm³/mol. The van der Waals surface area contributed by atoms with Gasteiger partial charge in [0.1, 0.15) is 0 Å². The summed E-state index contributed by atoms with van der Waals surface area (Å²) in [5, 5.41) is 1.19. The molecule has 1 aliphatic heterocycles. The summed E-state index contributed by atoms with van der Waals surface area (Å²) in [6, 6.07) is 0. The summed E-state index contributed by atoms with van der Waals surface area (Å²) in [5.74, 6) is 0. The van der Waals surface area contributed by atoms with Crippen molar-refractivity contribution in [1.29, 1.82) is 0 Å². The second-order valence-electron chi connectivity index (χ2n) is 2.08. The third-order valence-corrected chi connectivity index (χ3v) is 4.84. The Labute approximate surface area is 61.5 Å². The van der Waals surface area contributed by atoms with Gasteiger partial charge in [-0.05, 0) is 0 Å². The molecule has 9 heavy (non-hydrogen) atoms. The fourth-order valence-electron chi connectivity index (χ4n) is 0.741. The Balaban J connectivity index is 2.08. The average molecular weight is 192 g/mol. The Morgan fingerprint density at radius 1 is 1.33 bits per heavy atom. The Morgan fingerprint density at radius 3 is 2.56 bits per heavy atom. The van der Waals surface area contributed by atoms with Gasteiger partial charge in [0.2, 0.25) is 0 Å². The van der Waals surface area contributed by atoms with Crippen molar-refractivity contribution < 1.29 is 7.45 Å². The molecule has 0 aromatic carbocycles. The van der Waals surface area contributed by atoms with Gasteiger partial charge in [0.15, 0.2) is 0 Å². The summed E-state index contributed by atoms with van der Waals surface area (Å²) >= 11 is -1.19. The molecule has 3 heteroatoms. The van der Waals surface area contributed by atoms with Crippen molar-refractivity contribution in [2.24, 2.45) is 0 Å². The molecular formula is C6H13AsO2. The van der Waals surface area contributed by atoms with E-state index in [1.165, 1.54) is 11.6 Å². The Hall–Kier alpha value is 0.478. The third-order valence-electron chi connectivity index (χ3n) is 1.17. The van der Waals surface area contributed by atoms with Gasteiger partial charge in [-0.2, -0.15) is 0 Å². The molecular weight excluding hydrogens is 179 g/mol. The van der Waals surface area contributed by atoms with Crippen molar-refractivity contribution in [2.75, 3.05) is 13.2 Å². The quantitative estimate of drug-likeness (QED) is 0.614. The first kappa shape index (κ1) is 7.58. The van der Waals surface area contributed by atoms with Crippen molar-refractivity contribution in [1.82, 2.24) is 0 Å². The number of hydrogen-bond acceptors (Lipinski definition) is 2. The molecule has 0 amide bonds. The van der Waals surface area contributed by atoms with Crippen LogP contribution in [0.25, 0.3) is 0 Å². The molecule has 0 aromatic heterocycles. The van der Waals surface area contributed by atoms with E-state index in [0.29, 0.717) is 0 Å². The first-order chi connectivity index (χ1) is 4.43. The van der Waals surface area contributed by atoms with E-state index >= 15 is 0 Å². The first-order valence-electron chi connectivity index (χ1n) is 3.47. The Bertz CT molecular complexity index is 68.7. The molecule has 1 heterocycles. The van der Waals surface area contributed by atoms with Crippen molar-refractivity contribution in [2.45, 2.75) is 25.0 Å². The minimum absolute atomic E-state index is 0.944. The molecule has 0 spiro atoms. The zero-order valence-corrected chi connectivity index (χ0v) is 7.68. The van der Waals surface area contributed by atoms with Gasteiger partial charge in [0.25, 0.3) is 0 Å². The summed E-state index contributed by atoms with van der Waals surface area (Å²) in [6.45, 7) is 4.07. The normalized spacial score (nSPS) is 22.3. The monoisotopic (exact) mass is 192 g/mol. The molecule has 0 radical (unpaired) electrons. The summed E-state index contributed by atoms with van der Waals surface area (Å²) in [4.78, 5) is 0. The first-order valence-corrected chi connectivity index (χ1v) is 6.32. The molecule has 0 saturated carbocycles. The average Bonchev–Trinajstić information content (AvgIpc) is 1.91. The van der Waals surface area contributed by atoms with Gasteiger partial charge in [-0.15, -0.1) is 0 Å². The zero-order chi connectivity index (χ0) is 6.53. The molecule has 1 saturated heterocycles. The van der Waals surface area contributed by atoms with Crippen LogP contribution in [-0.4, -0.2) is 28.5 Å². The van der Waals surface area contributed by atoms with Gasteiger partial charge >= 0.3 is 61.0 Å². The van der Waals surface area contributed by atoms with E-state index in [1.54, 1.807) is 0 Å². The van der Waals surface area contributed by atoms with Crippen LogP contribution in [-0.2, 0) is 7.45 Å². The second-order valence-corrected chi connectivity index (χ2v) is 5.49. The fraction of sp³-hybridized carbons (Fsp3) is 1.00. The van der Waals surface area contributed by atoms with Gasteiger partial charge in [-0.25, -0.2) is 0 Å². The van der Waals surface area contributed by atoms with Crippen LogP contribution in [0.3, 0.4) is 0 Å². The number of hydrogen-bond donors (Lipinski definition) is 0. The van der Waals surface area contributed by atoms with E-state index in [1.807, 2.05) is 0 Å². The molecule has 2 nitrogen and oxygen atoms in total. The molecule has 0 bridgehead atoms. The van der Waals surface area contributed by atoms with Crippen LogP contribution >= 0.6 is 0 Å². The molecule has 0 aromatic rings. The minimum atomic E-state index is -1.19. The molecule has 0 aliphatic carbocycles. The van der Waals surface area contributed by atoms with Crippen molar-refractivity contribution in [3.63, 3.8) is 0 Å². The van der Waals surface area contributed by atoms with E-state index in [2.05, 4.69) is 6.92 Å². The Morgan fingerprint density at radius 2 is 2.00 bits per heavy atom. The second kappa shape index (κ2) is 4.32. The predicted octanol–water partition coefficient (Wildman–Crippen LogP) is 1.32. The van der Waals surface area contributed by atoms with Crippen LogP contribution in [0.2, 0.25) is 5.21 Å². The topological polar surface area (TPSA) is 18.5 Å². The maximum absolute atomic E-state index is 5.44. The molecule has 0 N–H and O–H groups in total. The van der Waals surface area contributed by atoms with Crippen molar-refractivity contribution in [3.05, 3.63) is 0 Å². The molecule has 54 valence electrons. The summed E-state index contributed by atoms with van der Waals surface area (Å²) in [7, 11) is 0. The standard InChI is InChI=1S/C6H13AsO2/c1-2-4-7-8-5-3-6-9-7/h2-6H2,1H3. The van der Waals surface area contributed by atoms with Crippen LogP contribution in [0.4, 0.5) is 0 Å². The van der Waals surface area contributed by atoms with Gasteiger partial charge in [0.05, 0.1) is 0 Å². The summed E-state index contributed by atoms with van der Waals surface area (Å²) in [5.41, 5.74) is 0.